The van der Waals surface area contributed by atoms with Gasteiger partial charge in [-0.2, -0.15) is 0 Å². The van der Waals surface area contributed by atoms with E-state index in [9.17, 15) is 14.3 Å². The molecule has 14 heavy (non-hydrogen) atoms. The molecule has 5 heteroatoms. The average Bonchev–Trinajstić information content (AvgIpc) is 2.02. The van der Waals surface area contributed by atoms with Gasteiger partial charge in [0.15, 0.2) is 0 Å². The van der Waals surface area contributed by atoms with Gasteiger partial charge in [0, 0.05) is 0 Å². The van der Waals surface area contributed by atoms with Crippen molar-refractivity contribution >= 4 is 5.97 Å². The molecule has 0 radical (unpaired) electrons. The Morgan fingerprint density at radius 2 is 2.14 bits per heavy atom. The molecule has 1 rings (SSSR count). The molecule has 0 unspecified atom stereocenters. The maximum absolute atomic E-state index is 13.2. The van der Waals surface area contributed by atoms with E-state index in [0.29, 0.717) is 0 Å². The summed E-state index contributed by atoms with van der Waals surface area (Å²) in [6.45, 7) is 1.12. The van der Waals surface area contributed by atoms with Crippen LogP contribution in [-0.4, -0.2) is 16.2 Å². The van der Waals surface area contributed by atoms with Crippen molar-refractivity contribution in [3.8, 4) is 5.75 Å². The first-order chi connectivity index (χ1) is 6.37. The van der Waals surface area contributed by atoms with E-state index >= 15 is 0 Å². The van der Waals surface area contributed by atoms with E-state index in [2.05, 4.69) is 0 Å². The van der Waals surface area contributed by atoms with Crippen molar-refractivity contribution in [3.05, 3.63) is 29.6 Å². The van der Waals surface area contributed by atoms with Gasteiger partial charge in [-0.1, -0.05) is 6.07 Å². The van der Waals surface area contributed by atoms with Crippen LogP contribution in [-0.2, 0) is 10.3 Å². The molecular weight excluding hydrogens is 189 g/mol. The fraction of sp³-hybridized carbons (Fsp3) is 0.222. The number of aromatic hydroxyl groups is 1. The largest absolute Gasteiger partial charge is 0.507 e. The monoisotopic (exact) mass is 199 g/mol. The number of hydrogen-bond donors (Lipinski definition) is 3. The molecule has 0 saturated carbocycles. The maximum Gasteiger partial charge on any atom is 0.328 e. The molecule has 1 aromatic rings. The van der Waals surface area contributed by atoms with E-state index in [0.717, 1.165) is 13.0 Å². The summed E-state index contributed by atoms with van der Waals surface area (Å²) in [5, 5.41) is 18.0. The fourth-order valence-electron chi connectivity index (χ4n) is 1.13. The second kappa shape index (κ2) is 3.26. The molecule has 0 saturated heterocycles. The molecule has 1 aromatic carbocycles. The van der Waals surface area contributed by atoms with Gasteiger partial charge in [-0.05, 0) is 19.1 Å². The maximum atomic E-state index is 13.2. The Kier molecular flexibility index (Phi) is 2.44. The average molecular weight is 199 g/mol. The summed E-state index contributed by atoms with van der Waals surface area (Å²) >= 11 is 0. The van der Waals surface area contributed by atoms with Crippen LogP contribution in [0.3, 0.4) is 0 Å². The van der Waals surface area contributed by atoms with Gasteiger partial charge < -0.3 is 15.9 Å². The molecule has 0 aliphatic carbocycles. The van der Waals surface area contributed by atoms with Gasteiger partial charge in [-0.3, -0.25) is 0 Å². The Labute approximate surface area is 79.8 Å². The number of carboxylic acid groups (broad SMARTS) is 1. The predicted octanol–water partition coefficient (Wildman–Crippen LogP) is 0.790. The van der Waals surface area contributed by atoms with Crippen molar-refractivity contribution < 1.29 is 19.4 Å². The van der Waals surface area contributed by atoms with Crippen molar-refractivity contribution in [3.63, 3.8) is 0 Å². The minimum Gasteiger partial charge on any atom is -0.507 e. The number of nitrogens with two attached hydrogens (primary N) is 1. The first-order valence-corrected chi connectivity index (χ1v) is 3.87. The molecule has 0 amide bonds. The third-order valence-corrected chi connectivity index (χ3v) is 1.96. The molecule has 0 aliphatic rings. The number of carboxylic acids is 1. The van der Waals surface area contributed by atoms with Crippen molar-refractivity contribution in [2.45, 2.75) is 12.5 Å². The van der Waals surface area contributed by atoms with Crippen LogP contribution in [0.1, 0.15) is 12.5 Å². The van der Waals surface area contributed by atoms with Crippen molar-refractivity contribution in [1.29, 1.82) is 0 Å². The number of carbonyl (C=O) groups is 1. The van der Waals surface area contributed by atoms with Crippen LogP contribution in [0, 0.1) is 5.82 Å². The smallest absolute Gasteiger partial charge is 0.328 e. The van der Waals surface area contributed by atoms with Crippen LogP contribution >= 0.6 is 0 Å². The lowest BCUT2D eigenvalue weighted by Gasteiger charge is -2.21. The highest BCUT2D eigenvalue weighted by atomic mass is 19.1. The van der Waals surface area contributed by atoms with Gasteiger partial charge in [0.2, 0.25) is 0 Å². The lowest BCUT2D eigenvalue weighted by atomic mass is 9.92. The van der Waals surface area contributed by atoms with Gasteiger partial charge in [0.1, 0.15) is 17.1 Å². The molecule has 4 nitrogen and oxygen atoms in total. The Morgan fingerprint density at radius 3 is 2.57 bits per heavy atom. The Bertz CT molecular complexity index is 356. The van der Waals surface area contributed by atoms with Gasteiger partial charge in [-0.25, -0.2) is 9.18 Å². The highest BCUT2D eigenvalue weighted by Crippen LogP contribution is 2.29. The number of phenols is 1. The zero-order valence-corrected chi connectivity index (χ0v) is 7.49. The number of phenolic OH excluding ortho intramolecular Hbond substituents is 1. The van der Waals surface area contributed by atoms with E-state index in [1.807, 2.05) is 0 Å². The first-order valence-electron chi connectivity index (χ1n) is 3.87. The number of halogens is 1. The molecule has 0 aliphatic heterocycles. The van der Waals surface area contributed by atoms with Crippen molar-refractivity contribution in [2.24, 2.45) is 5.73 Å². The highest BCUT2D eigenvalue weighted by molar-refractivity contribution is 5.81. The number of hydrogen-bond acceptors (Lipinski definition) is 3. The van der Waals surface area contributed by atoms with Gasteiger partial charge >= 0.3 is 5.97 Å². The predicted molar refractivity (Wildman–Crippen MR) is 47.2 cm³/mol. The lowest BCUT2D eigenvalue weighted by Crippen LogP contribution is -2.42. The molecule has 0 heterocycles. The zero-order chi connectivity index (χ0) is 10.9. The Morgan fingerprint density at radius 1 is 1.57 bits per heavy atom. The SMILES string of the molecule is C[C@@](N)(C(=O)O)c1c(O)cccc1F. The third kappa shape index (κ3) is 1.54. The van der Waals surface area contributed by atoms with Crippen LogP contribution in [0.5, 0.6) is 5.75 Å². The van der Waals surface area contributed by atoms with E-state index in [-0.39, 0.29) is 0 Å². The molecule has 1 atom stereocenters. The number of aliphatic carboxylic acids is 1. The second-order valence-electron chi connectivity index (χ2n) is 3.14. The van der Waals surface area contributed by atoms with Crippen LogP contribution in [0.25, 0.3) is 0 Å². The topological polar surface area (TPSA) is 83.6 Å². The van der Waals surface area contributed by atoms with Crippen LogP contribution in [0.15, 0.2) is 18.2 Å². The van der Waals surface area contributed by atoms with E-state index in [1.165, 1.54) is 12.1 Å². The summed E-state index contributed by atoms with van der Waals surface area (Å²) in [5.74, 6) is -2.70. The van der Waals surface area contributed by atoms with Crippen molar-refractivity contribution in [2.75, 3.05) is 0 Å². The zero-order valence-electron chi connectivity index (χ0n) is 7.49. The molecule has 0 aromatic heterocycles. The minimum atomic E-state index is -1.94. The van der Waals surface area contributed by atoms with Gasteiger partial charge in [0.05, 0.1) is 5.56 Å². The summed E-state index contributed by atoms with van der Waals surface area (Å²) in [7, 11) is 0. The van der Waals surface area contributed by atoms with Gasteiger partial charge in [0.25, 0.3) is 0 Å². The summed E-state index contributed by atoms with van der Waals surface area (Å²) in [6, 6.07) is 3.50. The minimum absolute atomic E-state index is 0.410. The summed E-state index contributed by atoms with van der Waals surface area (Å²) < 4.78 is 13.2. The molecule has 4 N–H and O–H groups in total. The van der Waals surface area contributed by atoms with Gasteiger partial charge in [-0.15, -0.1) is 0 Å². The van der Waals surface area contributed by atoms with Crippen LogP contribution < -0.4 is 5.73 Å². The van der Waals surface area contributed by atoms with Crippen molar-refractivity contribution in [1.82, 2.24) is 0 Å². The van der Waals surface area contributed by atoms with Crippen LogP contribution in [0.4, 0.5) is 4.39 Å². The highest BCUT2D eigenvalue weighted by Gasteiger charge is 2.35. The Balaban J connectivity index is 3.38. The van der Waals surface area contributed by atoms with E-state index in [1.54, 1.807) is 0 Å². The van der Waals surface area contributed by atoms with E-state index in [4.69, 9.17) is 10.8 Å². The number of benzene rings is 1. The molecular formula is C9H10FNO3. The lowest BCUT2D eigenvalue weighted by molar-refractivity contribution is -0.143. The standard InChI is InChI=1S/C9H10FNO3/c1-9(11,8(13)14)7-5(10)3-2-4-6(7)12/h2-4,12H,11H2,1H3,(H,13,14)/t9-/m0/s1. The number of rotatable bonds is 2. The second-order valence-corrected chi connectivity index (χ2v) is 3.14. The quantitative estimate of drug-likeness (QED) is 0.657. The first kappa shape index (κ1) is 10.5. The Hall–Kier alpha value is -1.62. The summed E-state index contributed by atoms with van der Waals surface area (Å²) in [6.07, 6.45) is 0. The third-order valence-electron chi connectivity index (χ3n) is 1.96. The fourth-order valence-corrected chi connectivity index (χ4v) is 1.13. The summed E-state index contributed by atoms with van der Waals surface area (Å²) in [4.78, 5) is 10.7. The van der Waals surface area contributed by atoms with Crippen LogP contribution in [0.2, 0.25) is 0 Å². The molecule has 0 spiro atoms. The van der Waals surface area contributed by atoms with E-state index < -0.39 is 28.6 Å². The summed E-state index contributed by atoms with van der Waals surface area (Å²) in [5.41, 5.74) is 3.04. The molecule has 0 fully saturated rings. The molecule has 76 valence electrons. The normalized spacial score (nSPS) is 14.8. The molecule has 0 bridgehead atoms.